The molecule has 22 heavy (non-hydrogen) atoms. The largest absolute Gasteiger partial charge is 0.434 e. The van der Waals surface area contributed by atoms with Gasteiger partial charge in [-0.3, -0.25) is 4.79 Å². The number of halogens is 4. The number of nitrogens with zero attached hydrogens (tertiary/aromatic N) is 2. The first kappa shape index (κ1) is 14.6. The molecule has 8 heteroatoms. The van der Waals surface area contributed by atoms with E-state index in [1.54, 1.807) is 0 Å². The Morgan fingerprint density at radius 3 is 2.41 bits per heavy atom. The molecule has 1 aromatic heterocycles. The minimum Gasteiger partial charge on any atom is -0.349 e. The van der Waals surface area contributed by atoms with Gasteiger partial charge in [0, 0.05) is 6.04 Å². The van der Waals surface area contributed by atoms with Crippen molar-refractivity contribution in [3.05, 3.63) is 47.5 Å². The predicted octanol–water partition coefficient (Wildman–Crippen LogP) is 2.92. The molecular weight excluding hydrogens is 302 g/mol. The van der Waals surface area contributed by atoms with E-state index < -0.39 is 29.2 Å². The monoisotopic (exact) mass is 313 g/mol. The highest BCUT2D eigenvalue weighted by atomic mass is 19.4. The highest BCUT2D eigenvalue weighted by Gasteiger charge is 2.41. The lowest BCUT2D eigenvalue weighted by molar-refractivity contribution is -0.143. The molecule has 0 saturated heterocycles. The molecule has 116 valence electrons. The summed E-state index contributed by atoms with van der Waals surface area (Å²) in [6.07, 6.45) is -2.36. The summed E-state index contributed by atoms with van der Waals surface area (Å²) in [5.74, 6) is -1.38. The zero-order valence-electron chi connectivity index (χ0n) is 11.2. The van der Waals surface area contributed by atoms with Crippen molar-refractivity contribution >= 4 is 5.91 Å². The molecule has 0 atom stereocenters. The molecule has 1 heterocycles. The molecule has 2 aromatic rings. The van der Waals surface area contributed by atoms with Crippen LogP contribution < -0.4 is 5.32 Å². The molecule has 0 unspecified atom stereocenters. The van der Waals surface area contributed by atoms with Gasteiger partial charge < -0.3 is 5.32 Å². The number of aromatic nitrogens is 2. The minimum absolute atomic E-state index is 0.0270. The number of nitrogens with one attached hydrogen (secondary N) is 1. The molecule has 3 rings (SSSR count). The van der Waals surface area contributed by atoms with E-state index in [2.05, 4.69) is 10.4 Å². The first-order valence-corrected chi connectivity index (χ1v) is 6.58. The number of carbonyl (C=O) groups excluding carboxylic acids is 1. The van der Waals surface area contributed by atoms with E-state index >= 15 is 0 Å². The third kappa shape index (κ3) is 2.81. The van der Waals surface area contributed by atoms with Gasteiger partial charge in [0.2, 0.25) is 0 Å². The number of hydrogen-bond acceptors (Lipinski definition) is 2. The van der Waals surface area contributed by atoms with Crippen LogP contribution in [0.5, 0.6) is 0 Å². The summed E-state index contributed by atoms with van der Waals surface area (Å²) in [7, 11) is 0. The highest BCUT2D eigenvalue weighted by Crippen LogP contribution is 2.34. The Kier molecular flexibility index (Phi) is 3.38. The zero-order valence-corrected chi connectivity index (χ0v) is 11.2. The van der Waals surface area contributed by atoms with Crippen LogP contribution in [-0.4, -0.2) is 21.7 Å². The molecule has 1 aliphatic carbocycles. The summed E-state index contributed by atoms with van der Waals surface area (Å²) in [6, 6.07) is 4.32. The van der Waals surface area contributed by atoms with Crippen molar-refractivity contribution in [2.45, 2.75) is 25.1 Å². The molecule has 1 aliphatic rings. The van der Waals surface area contributed by atoms with Gasteiger partial charge in [-0.15, -0.1) is 0 Å². The standard InChI is InChI=1S/C14H11F4N3O/c15-8-1-5-10(6-2-8)21-12(14(16,17)18)11(7-19-21)13(22)20-9-3-4-9/h1-2,5-7,9H,3-4H2,(H,20,22). The van der Waals surface area contributed by atoms with E-state index in [1.165, 1.54) is 12.1 Å². The van der Waals surface area contributed by atoms with Crippen LogP contribution in [0.2, 0.25) is 0 Å². The fourth-order valence-electron chi connectivity index (χ4n) is 2.06. The zero-order chi connectivity index (χ0) is 15.9. The van der Waals surface area contributed by atoms with E-state index in [0.29, 0.717) is 4.68 Å². The topological polar surface area (TPSA) is 46.9 Å². The van der Waals surface area contributed by atoms with E-state index in [0.717, 1.165) is 31.2 Å². The van der Waals surface area contributed by atoms with Gasteiger partial charge in [0.1, 0.15) is 5.82 Å². The maximum atomic E-state index is 13.3. The lowest BCUT2D eigenvalue weighted by Gasteiger charge is -2.12. The van der Waals surface area contributed by atoms with Crippen molar-refractivity contribution in [1.29, 1.82) is 0 Å². The summed E-state index contributed by atoms with van der Waals surface area (Å²) >= 11 is 0. The van der Waals surface area contributed by atoms with Crippen molar-refractivity contribution in [1.82, 2.24) is 15.1 Å². The predicted molar refractivity (Wildman–Crippen MR) is 69.0 cm³/mol. The number of hydrogen-bond donors (Lipinski definition) is 1. The minimum atomic E-state index is -4.76. The average Bonchev–Trinajstić information content (AvgIpc) is 3.13. The Morgan fingerprint density at radius 1 is 1.23 bits per heavy atom. The second kappa shape index (κ2) is 5.11. The summed E-state index contributed by atoms with van der Waals surface area (Å²) < 4.78 is 53.4. The Morgan fingerprint density at radius 2 is 1.86 bits per heavy atom. The Bertz CT molecular complexity index is 702. The smallest absolute Gasteiger partial charge is 0.349 e. The highest BCUT2D eigenvalue weighted by molar-refractivity contribution is 5.95. The number of carbonyl (C=O) groups is 1. The van der Waals surface area contributed by atoms with E-state index in [9.17, 15) is 22.4 Å². The Labute approximate surface area is 122 Å². The number of rotatable bonds is 3. The van der Waals surface area contributed by atoms with Crippen LogP contribution in [0.3, 0.4) is 0 Å². The Balaban J connectivity index is 2.04. The molecule has 4 nitrogen and oxygen atoms in total. The van der Waals surface area contributed by atoms with E-state index in [4.69, 9.17) is 0 Å². The molecule has 1 saturated carbocycles. The molecule has 0 spiro atoms. The number of alkyl halides is 3. The van der Waals surface area contributed by atoms with Crippen LogP contribution in [-0.2, 0) is 6.18 Å². The summed E-state index contributed by atoms with van der Waals surface area (Å²) in [5, 5.41) is 6.15. The van der Waals surface area contributed by atoms with Gasteiger partial charge in [-0.25, -0.2) is 9.07 Å². The molecule has 0 aliphatic heterocycles. The first-order valence-electron chi connectivity index (χ1n) is 6.58. The van der Waals surface area contributed by atoms with Crippen molar-refractivity contribution in [3.63, 3.8) is 0 Å². The third-order valence-corrected chi connectivity index (χ3v) is 3.27. The molecule has 1 fully saturated rings. The van der Waals surface area contributed by atoms with Crippen molar-refractivity contribution in [2.75, 3.05) is 0 Å². The average molecular weight is 313 g/mol. The second-order valence-corrected chi connectivity index (χ2v) is 5.04. The van der Waals surface area contributed by atoms with Crippen LogP contribution in [0.15, 0.2) is 30.5 Å². The molecule has 0 bridgehead atoms. The molecule has 1 aromatic carbocycles. The fourth-order valence-corrected chi connectivity index (χ4v) is 2.06. The normalized spacial score (nSPS) is 14.9. The van der Waals surface area contributed by atoms with Crippen LogP contribution >= 0.6 is 0 Å². The second-order valence-electron chi connectivity index (χ2n) is 5.04. The maximum absolute atomic E-state index is 13.3. The summed E-state index contributed by atoms with van der Waals surface area (Å²) in [4.78, 5) is 11.9. The van der Waals surface area contributed by atoms with Crippen LogP contribution in [0.4, 0.5) is 17.6 Å². The van der Waals surface area contributed by atoms with Gasteiger partial charge in [-0.1, -0.05) is 0 Å². The molecule has 0 radical (unpaired) electrons. The van der Waals surface area contributed by atoms with Gasteiger partial charge in [0.25, 0.3) is 5.91 Å². The van der Waals surface area contributed by atoms with Crippen molar-refractivity contribution < 1.29 is 22.4 Å². The molecule has 1 amide bonds. The van der Waals surface area contributed by atoms with Gasteiger partial charge >= 0.3 is 6.18 Å². The lowest BCUT2D eigenvalue weighted by Crippen LogP contribution is -2.28. The third-order valence-electron chi connectivity index (χ3n) is 3.27. The Hall–Kier alpha value is -2.38. The number of amides is 1. The summed E-state index contributed by atoms with van der Waals surface area (Å²) in [5.41, 5.74) is -1.68. The van der Waals surface area contributed by atoms with Gasteiger partial charge in [0.05, 0.1) is 17.4 Å². The SMILES string of the molecule is O=C(NC1CC1)c1cnn(-c2ccc(F)cc2)c1C(F)(F)F. The molecule has 1 N–H and O–H groups in total. The van der Waals surface area contributed by atoms with Crippen molar-refractivity contribution in [3.8, 4) is 5.69 Å². The maximum Gasteiger partial charge on any atom is 0.434 e. The van der Waals surface area contributed by atoms with Crippen molar-refractivity contribution in [2.24, 2.45) is 0 Å². The van der Waals surface area contributed by atoms with Gasteiger partial charge in [-0.05, 0) is 37.1 Å². The van der Waals surface area contributed by atoms with Gasteiger partial charge in [0.15, 0.2) is 5.69 Å². The van der Waals surface area contributed by atoms with Crippen LogP contribution in [0, 0.1) is 5.82 Å². The van der Waals surface area contributed by atoms with E-state index in [-0.39, 0.29) is 11.7 Å². The number of benzene rings is 1. The van der Waals surface area contributed by atoms with E-state index in [1.807, 2.05) is 0 Å². The summed E-state index contributed by atoms with van der Waals surface area (Å²) in [6.45, 7) is 0. The quantitative estimate of drug-likeness (QED) is 0.886. The fraction of sp³-hybridized carbons (Fsp3) is 0.286. The van der Waals surface area contributed by atoms with Crippen LogP contribution in [0.25, 0.3) is 5.69 Å². The molecular formula is C14H11F4N3O. The lowest BCUT2D eigenvalue weighted by atomic mass is 10.2. The van der Waals surface area contributed by atoms with Gasteiger partial charge in [-0.2, -0.15) is 18.3 Å². The van der Waals surface area contributed by atoms with Crippen LogP contribution in [0.1, 0.15) is 28.9 Å². The first-order chi connectivity index (χ1) is 10.4.